The van der Waals surface area contributed by atoms with Gasteiger partial charge in [-0.05, 0) is 34.1 Å². The van der Waals surface area contributed by atoms with Crippen molar-refractivity contribution < 1.29 is 9.13 Å². The van der Waals surface area contributed by atoms with Gasteiger partial charge >= 0.3 is 15.9 Å². The average Bonchev–Trinajstić information content (AvgIpc) is 3.04. The fraction of sp³-hybridized carbons (Fsp3) is 0.500. The summed E-state index contributed by atoms with van der Waals surface area (Å²) in [5.41, 5.74) is 0. The molecule has 0 radical (unpaired) electrons. The van der Waals surface area contributed by atoms with Crippen LogP contribution in [0.4, 0.5) is 0 Å². The standard InChI is InChI=1S/C16H20N2O2P2/c19-21-15-7-3-1-5-13(15)11-17(21)9-10-18-12-14-6-2-4-8-16(14)22(18)20/h1-3,6-8,13-14H,4-5,9-12H2/q+2/t13-,14-/m1/s1. The van der Waals surface area contributed by atoms with Crippen LogP contribution in [0.5, 0.6) is 0 Å². The highest BCUT2D eigenvalue weighted by atomic mass is 31.1. The molecule has 0 amide bonds. The van der Waals surface area contributed by atoms with Gasteiger partial charge in [0.25, 0.3) is 0 Å². The summed E-state index contributed by atoms with van der Waals surface area (Å²) < 4.78 is 29.2. The molecule has 4 nitrogen and oxygen atoms in total. The van der Waals surface area contributed by atoms with E-state index in [1.807, 2.05) is 12.2 Å². The van der Waals surface area contributed by atoms with E-state index in [2.05, 4.69) is 33.6 Å². The van der Waals surface area contributed by atoms with Gasteiger partial charge in [-0.25, -0.2) is 0 Å². The third kappa shape index (κ3) is 2.49. The highest BCUT2D eigenvalue weighted by Crippen LogP contribution is 2.53. The van der Waals surface area contributed by atoms with Crippen molar-refractivity contribution in [3.8, 4) is 0 Å². The molecule has 114 valence electrons. The third-order valence-corrected chi connectivity index (χ3v) is 8.53. The zero-order valence-corrected chi connectivity index (χ0v) is 14.3. The number of fused-ring (bicyclic) bond motifs is 2. The molecule has 0 saturated carbocycles. The lowest BCUT2D eigenvalue weighted by molar-refractivity contribution is 0.354. The van der Waals surface area contributed by atoms with E-state index in [0.29, 0.717) is 11.8 Å². The van der Waals surface area contributed by atoms with Gasteiger partial charge in [0, 0.05) is 5.92 Å². The van der Waals surface area contributed by atoms with Crippen LogP contribution in [0, 0.1) is 11.8 Å². The van der Waals surface area contributed by atoms with Crippen molar-refractivity contribution in [1.29, 1.82) is 0 Å². The fourth-order valence-corrected chi connectivity index (χ4v) is 6.95. The van der Waals surface area contributed by atoms with Crippen LogP contribution >= 0.6 is 15.9 Å². The smallest absolute Gasteiger partial charge is 0.0899 e. The molecule has 2 saturated heterocycles. The van der Waals surface area contributed by atoms with Gasteiger partial charge in [0.1, 0.15) is 0 Å². The molecule has 0 aromatic carbocycles. The Hall–Kier alpha value is -0.920. The van der Waals surface area contributed by atoms with Crippen molar-refractivity contribution in [3.63, 3.8) is 0 Å². The molecule has 0 N–H and O–H groups in total. The molecule has 2 unspecified atom stereocenters. The van der Waals surface area contributed by atoms with E-state index in [-0.39, 0.29) is 0 Å². The summed E-state index contributed by atoms with van der Waals surface area (Å²) in [6.07, 6.45) is 14.6. The molecule has 22 heavy (non-hydrogen) atoms. The molecule has 2 aliphatic heterocycles. The number of nitrogens with zero attached hydrogens (tertiary/aromatic N) is 2. The van der Waals surface area contributed by atoms with Crippen molar-refractivity contribution in [1.82, 2.24) is 9.34 Å². The minimum absolute atomic E-state index is 0.333. The van der Waals surface area contributed by atoms with Crippen LogP contribution in [0.2, 0.25) is 0 Å². The molecule has 4 atom stereocenters. The predicted octanol–water partition coefficient (Wildman–Crippen LogP) is 4.02. The Balaban J connectivity index is 1.39. The molecule has 0 aromatic heterocycles. The third-order valence-electron chi connectivity index (χ3n) is 4.86. The van der Waals surface area contributed by atoms with Crippen LogP contribution in [0.1, 0.15) is 12.8 Å². The first-order valence-corrected chi connectivity index (χ1v) is 10.3. The summed E-state index contributed by atoms with van der Waals surface area (Å²) in [6, 6.07) is 0. The van der Waals surface area contributed by atoms with Crippen LogP contribution in [0.15, 0.2) is 47.1 Å². The fourth-order valence-electron chi connectivity index (χ4n) is 3.66. The van der Waals surface area contributed by atoms with Crippen LogP contribution in [-0.2, 0) is 9.13 Å². The molecule has 0 spiro atoms. The SMILES string of the molecule is O=[P+]1C2=CC=CC[C@@H]2CN1CCN1C[C@H]2C=CCC=C2[P+]1=O. The Labute approximate surface area is 132 Å². The summed E-state index contributed by atoms with van der Waals surface area (Å²) in [7, 11) is -2.79. The molecule has 6 heteroatoms. The zero-order valence-electron chi connectivity index (χ0n) is 12.5. The van der Waals surface area contributed by atoms with E-state index in [1.54, 1.807) is 0 Å². The number of hydrogen-bond donors (Lipinski definition) is 0. The van der Waals surface area contributed by atoms with E-state index < -0.39 is 15.9 Å². The molecule has 4 rings (SSSR count). The van der Waals surface area contributed by atoms with Crippen molar-refractivity contribution in [2.45, 2.75) is 12.8 Å². The van der Waals surface area contributed by atoms with Gasteiger partial charge < -0.3 is 0 Å². The Morgan fingerprint density at radius 2 is 1.82 bits per heavy atom. The highest BCUT2D eigenvalue weighted by molar-refractivity contribution is 7.47. The summed E-state index contributed by atoms with van der Waals surface area (Å²) in [5.74, 6) is 0.758. The van der Waals surface area contributed by atoms with Gasteiger partial charge in [-0.1, -0.05) is 33.6 Å². The molecular formula is C16H20N2O2P2+2. The molecule has 4 aliphatic rings. The molecule has 2 aliphatic carbocycles. The maximum atomic E-state index is 12.5. The van der Waals surface area contributed by atoms with E-state index in [1.165, 1.54) is 0 Å². The second-order valence-corrected chi connectivity index (χ2v) is 9.48. The molecular weight excluding hydrogens is 314 g/mol. The second kappa shape index (κ2) is 5.94. The summed E-state index contributed by atoms with van der Waals surface area (Å²) >= 11 is 0. The Bertz CT molecular complexity index is 651. The Morgan fingerprint density at radius 3 is 2.59 bits per heavy atom. The van der Waals surface area contributed by atoms with Gasteiger partial charge in [-0.3, -0.25) is 0 Å². The molecule has 2 fully saturated rings. The van der Waals surface area contributed by atoms with Crippen LogP contribution in [0.25, 0.3) is 0 Å². The van der Waals surface area contributed by atoms with E-state index in [9.17, 15) is 9.13 Å². The monoisotopic (exact) mass is 334 g/mol. The van der Waals surface area contributed by atoms with E-state index >= 15 is 0 Å². The van der Waals surface area contributed by atoms with Crippen LogP contribution in [0.3, 0.4) is 0 Å². The predicted molar refractivity (Wildman–Crippen MR) is 89.0 cm³/mol. The van der Waals surface area contributed by atoms with E-state index in [0.717, 1.165) is 49.6 Å². The van der Waals surface area contributed by atoms with Crippen molar-refractivity contribution in [3.05, 3.63) is 47.1 Å². The summed E-state index contributed by atoms with van der Waals surface area (Å²) in [5, 5.41) is 2.20. The summed E-state index contributed by atoms with van der Waals surface area (Å²) in [4.78, 5) is 0. The number of rotatable bonds is 3. The largest absolute Gasteiger partial charge is 0.470 e. The first kappa shape index (κ1) is 14.7. The normalized spacial score (nSPS) is 34.5. The summed E-state index contributed by atoms with van der Waals surface area (Å²) in [6.45, 7) is 3.21. The Kier molecular flexibility index (Phi) is 3.96. The van der Waals surface area contributed by atoms with Gasteiger partial charge in [-0.2, -0.15) is 0 Å². The molecule has 2 heterocycles. The van der Waals surface area contributed by atoms with Crippen LogP contribution < -0.4 is 0 Å². The van der Waals surface area contributed by atoms with Gasteiger partial charge in [-0.15, -0.1) is 0 Å². The lowest BCUT2D eigenvalue weighted by Gasteiger charge is -2.08. The topological polar surface area (TPSA) is 40.6 Å². The van der Waals surface area contributed by atoms with Gasteiger partial charge in [0.15, 0.2) is 10.6 Å². The molecule has 0 aromatic rings. The minimum Gasteiger partial charge on any atom is -0.0899 e. The lowest BCUT2D eigenvalue weighted by atomic mass is 10.0. The first-order chi connectivity index (χ1) is 10.7. The Morgan fingerprint density at radius 1 is 1.05 bits per heavy atom. The van der Waals surface area contributed by atoms with Crippen molar-refractivity contribution >= 4 is 15.9 Å². The van der Waals surface area contributed by atoms with Crippen LogP contribution in [-0.4, -0.2) is 35.5 Å². The maximum absolute atomic E-state index is 12.5. The first-order valence-electron chi connectivity index (χ1n) is 7.91. The highest BCUT2D eigenvalue weighted by Gasteiger charge is 2.50. The maximum Gasteiger partial charge on any atom is 0.470 e. The average molecular weight is 334 g/mol. The lowest BCUT2D eigenvalue weighted by Crippen LogP contribution is -2.27. The van der Waals surface area contributed by atoms with E-state index in [4.69, 9.17) is 0 Å². The van der Waals surface area contributed by atoms with Gasteiger partial charge in [0.2, 0.25) is 0 Å². The van der Waals surface area contributed by atoms with Crippen molar-refractivity contribution in [2.24, 2.45) is 11.8 Å². The number of allylic oxidation sites excluding steroid dienone is 5. The second-order valence-electron chi connectivity index (χ2n) is 6.22. The zero-order chi connectivity index (χ0) is 15.1. The number of hydrogen-bond acceptors (Lipinski definition) is 2. The van der Waals surface area contributed by atoms with Crippen molar-refractivity contribution in [2.75, 3.05) is 26.2 Å². The quantitative estimate of drug-likeness (QED) is 0.577. The minimum atomic E-state index is -1.39. The molecule has 0 bridgehead atoms. The van der Waals surface area contributed by atoms with Gasteiger partial charge in [0.05, 0.1) is 32.1 Å².